The van der Waals surface area contributed by atoms with Gasteiger partial charge in [0.2, 0.25) is 0 Å². The first-order valence-electron chi connectivity index (χ1n) is 4.15. The van der Waals surface area contributed by atoms with Gasteiger partial charge in [0, 0.05) is 5.69 Å². The third-order valence-electron chi connectivity index (χ3n) is 2.18. The van der Waals surface area contributed by atoms with E-state index in [-0.39, 0.29) is 5.56 Å². The van der Waals surface area contributed by atoms with Gasteiger partial charge in [-0.3, -0.25) is 4.79 Å². The van der Waals surface area contributed by atoms with E-state index in [1.54, 1.807) is 6.07 Å². The number of carbonyl (C=O) groups is 1. The van der Waals surface area contributed by atoms with E-state index >= 15 is 0 Å². The summed E-state index contributed by atoms with van der Waals surface area (Å²) < 4.78 is 0. The average molecular weight is 179 g/mol. The van der Waals surface area contributed by atoms with Crippen molar-refractivity contribution in [2.45, 2.75) is 18.8 Å². The fourth-order valence-corrected chi connectivity index (χ4v) is 1.29. The molecule has 0 spiro atoms. The molecule has 0 amide bonds. The van der Waals surface area contributed by atoms with Crippen LogP contribution < -0.4 is 5.56 Å². The molecule has 1 aliphatic rings. The van der Waals surface area contributed by atoms with Gasteiger partial charge < -0.3 is 10.1 Å². The standard InChI is InChI=1S/C9H9NO3/c11-8-6(9(12)13)3-4-7(10-8)5-1-2-5/h3-5H,1-2H2,(H,10,11)(H,12,13). The summed E-state index contributed by atoms with van der Waals surface area (Å²) in [5.41, 5.74) is 0.163. The molecule has 0 aromatic carbocycles. The van der Waals surface area contributed by atoms with E-state index in [0.717, 1.165) is 18.5 Å². The Hall–Kier alpha value is -1.58. The van der Waals surface area contributed by atoms with Crippen molar-refractivity contribution in [1.29, 1.82) is 0 Å². The number of aromatic carboxylic acids is 1. The van der Waals surface area contributed by atoms with Crippen LogP contribution in [0.15, 0.2) is 16.9 Å². The molecule has 1 heterocycles. The van der Waals surface area contributed by atoms with Gasteiger partial charge in [0.15, 0.2) is 0 Å². The number of H-pyrrole nitrogens is 1. The molecule has 1 aromatic heterocycles. The molecule has 1 saturated carbocycles. The number of aromatic nitrogens is 1. The van der Waals surface area contributed by atoms with Gasteiger partial charge in [-0.05, 0) is 30.9 Å². The van der Waals surface area contributed by atoms with Crippen molar-refractivity contribution in [2.24, 2.45) is 0 Å². The van der Waals surface area contributed by atoms with Crippen molar-refractivity contribution in [3.63, 3.8) is 0 Å². The number of pyridine rings is 1. The second kappa shape index (κ2) is 2.73. The normalized spacial score (nSPS) is 15.7. The van der Waals surface area contributed by atoms with Crippen LogP contribution in [0.25, 0.3) is 0 Å². The van der Waals surface area contributed by atoms with Crippen LogP contribution in [0, 0.1) is 0 Å². The number of hydrogen-bond acceptors (Lipinski definition) is 2. The Morgan fingerprint density at radius 1 is 1.46 bits per heavy atom. The Kier molecular flexibility index (Phi) is 1.69. The lowest BCUT2D eigenvalue weighted by Gasteiger charge is -1.98. The second-order valence-electron chi connectivity index (χ2n) is 3.24. The molecular formula is C9H9NO3. The molecule has 4 heteroatoms. The maximum atomic E-state index is 11.2. The minimum Gasteiger partial charge on any atom is -0.477 e. The summed E-state index contributed by atoms with van der Waals surface area (Å²) in [6.07, 6.45) is 2.17. The maximum absolute atomic E-state index is 11.2. The number of nitrogens with one attached hydrogen (secondary N) is 1. The molecule has 13 heavy (non-hydrogen) atoms. The Morgan fingerprint density at radius 3 is 2.62 bits per heavy atom. The molecule has 2 N–H and O–H groups in total. The van der Waals surface area contributed by atoms with Crippen molar-refractivity contribution < 1.29 is 9.90 Å². The number of aromatic amines is 1. The highest BCUT2D eigenvalue weighted by atomic mass is 16.4. The fourth-order valence-electron chi connectivity index (χ4n) is 1.29. The molecular weight excluding hydrogens is 170 g/mol. The van der Waals surface area contributed by atoms with Crippen molar-refractivity contribution in [3.8, 4) is 0 Å². The van der Waals surface area contributed by atoms with Gasteiger partial charge in [0.25, 0.3) is 5.56 Å². The molecule has 0 atom stereocenters. The Morgan fingerprint density at radius 2 is 2.15 bits per heavy atom. The topological polar surface area (TPSA) is 70.2 Å². The van der Waals surface area contributed by atoms with Crippen molar-refractivity contribution in [2.75, 3.05) is 0 Å². The van der Waals surface area contributed by atoms with Gasteiger partial charge >= 0.3 is 5.97 Å². The van der Waals surface area contributed by atoms with Crippen LogP contribution in [0.2, 0.25) is 0 Å². The van der Waals surface area contributed by atoms with E-state index in [1.807, 2.05) is 0 Å². The zero-order chi connectivity index (χ0) is 9.42. The van der Waals surface area contributed by atoms with Crippen LogP contribution in [0.1, 0.15) is 34.8 Å². The molecule has 0 unspecified atom stereocenters. The zero-order valence-electron chi connectivity index (χ0n) is 6.91. The molecule has 0 bridgehead atoms. The molecule has 0 aliphatic heterocycles. The quantitative estimate of drug-likeness (QED) is 0.710. The average Bonchev–Trinajstić information content (AvgIpc) is 2.85. The van der Waals surface area contributed by atoms with Crippen molar-refractivity contribution >= 4 is 5.97 Å². The Bertz CT molecular complexity index is 404. The summed E-state index contributed by atoms with van der Waals surface area (Å²) in [5.74, 6) is -0.737. The van der Waals surface area contributed by atoms with Crippen LogP contribution in [0.5, 0.6) is 0 Å². The fraction of sp³-hybridized carbons (Fsp3) is 0.333. The molecule has 68 valence electrons. The summed E-state index contributed by atoms with van der Waals surface area (Å²) in [4.78, 5) is 24.3. The predicted molar refractivity (Wildman–Crippen MR) is 46.0 cm³/mol. The monoisotopic (exact) mass is 179 g/mol. The maximum Gasteiger partial charge on any atom is 0.341 e. The SMILES string of the molecule is O=C(O)c1ccc(C2CC2)[nH]c1=O. The van der Waals surface area contributed by atoms with E-state index in [4.69, 9.17) is 5.11 Å². The molecule has 1 aromatic rings. The van der Waals surface area contributed by atoms with Gasteiger partial charge in [-0.15, -0.1) is 0 Å². The van der Waals surface area contributed by atoms with Gasteiger partial charge in [0.05, 0.1) is 0 Å². The summed E-state index contributed by atoms with van der Waals surface area (Å²) in [5, 5.41) is 8.59. The van der Waals surface area contributed by atoms with Gasteiger partial charge in [0.1, 0.15) is 5.56 Å². The lowest BCUT2D eigenvalue weighted by molar-refractivity contribution is 0.0695. The van der Waals surface area contributed by atoms with E-state index in [9.17, 15) is 9.59 Å². The third-order valence-corrected chi connectivity index (χ3v) is 2.18. The minimum atomic E-state index is -1.18. The first-order chi connectivity index (χ1) is 6.18. The largest absolute Gasteiger partial charge is 0.477 e. The number of carboxylic acid groups (broad SMARTS) is 1. The smallest absolute Gasteiger partial charge is 0.341 e. The summed E-state index contributed by atoms with van der Waals surface area (Å²) in [7, 11) is 0. The predicted octanol–water partition coefficient (Wildman–Crippen LogP) is 0.950. The minimum absolute atomic E-state index is 0.190. The van der Waals surface area contributed by atoms with E-state index in [2.05, 4.69) is 4.98 Å². The number of rotatable bonds is 2. The Balaban J connectivity index is 2.42. The van der Waals surface area contributed by atoms with E-state index in [1.165, 1.54) is 6.07 Å². The molecule has 0 saturated heterocycles. The van der Waals surface area contributed by atoms with Crippen LogP contribution in [-0.4, -0.2) is 16.1 Å². The van der Waals surface area contributed by atoms with Crippen LogP contribution in [0.3, 0.4) is 0 Å². The highest BCUT2D eigenvalue weighted by Crippen LogP contribution is 2.38. The number of hydrogen-bond donors (Lipinski definition) is 2. The first-order valence-corrected chi connectivity index (χ1v) is 4.15. The lowest BCUT2D eigenvalue weighted by atomic mass is 10.2. The van der Waals surface area contributed by atoms with Crippen LogP contribution in [-0.2, 0) is 0 Å². The van der Waals surface area contributed by atoms with Gasteiger partial charge in [-0.2, -0.15) is 0 Å². The number of carboxylic acids is 1. The van der Waals surface area contributed by atoms with Crippen LogP contribution >= 0.6 is 0 Å². The molecule has 2 rings (SSSR count). The van der Waals surface area contributed by atoms with Crippen LogP contribution in [0.4, 0.5) is 0 Å². The molecule has 4 nitrogen and oxygen atoms in total. The first kappa shape index (κ1) is 8.04. The lowest BCUT2D eigenvalue weighted by Crippen LogP contribution is -2.18. The molecule has 1 aliphatic carbocycles. The highest BCUT2D eigenvalue weighted by molar-refractivity contribution is 5.87. The highest BCUT2D eigenvalue weighted by Gasteiger charge is 2.24. The molecule has 0 radical (unpaired) electrons. The van der Waals surface area contributed by atoms with Gasteiger partial charge in [-0.25, -0.2) is 4.79 Å². The Labute approximate surface area is 74.2 Å². The second-order valence-corrected chi connectivity index (χ2v) is 3.24. The summed E-state index contributed by atoms with van der Waals surface area (Å²) in [6, 6.07) is 3.05. The summed E-state index contributed by atoms with van der Waals surface area (Å²) >= 11 is 0. The van der Waals surface area contributed by atoms with Gasteiger partial charge in [-0.1, -0.05) is 0 Å². The zero-order valence-corrected chi connectivity index (χ0v) is 6.91. The summed E-state index contributed by atoms with van der Waals surface area (Å²) in [6.45, 7) is 0. The van der Waals surface area contributed by atoms with Crippen molar-refractivity contribution in [3.05, 3.63) is 33.7 Å². The molecule has 1 fully saturated rings. The van der Waals surface area contributed by atoms with E-state index < -0.39 is 11.5 Å². The third kappa shape index (κ3) is 1.47. The van der Waals surface area contributed by atoms with Crippen molar-refractivity contribution in [1.82, 2.24) is 4.98 Å². The van der Waals surface area contributed by atoms with E-state index in [0.29, 0.717) is 5.92 Å².